The van der Waals surface area contributed by atoms with Crippen LogP contribution in [0.2, 0.25) is 0 Å². The number of alkyl halides is 8. The van der Waals surface area contributed by atoms with E-state index in [2.05, 4.69) is 14.7 Å². The number of carbonyl (C=O) groups is 1. The number of nitrogens with zero attached hydrogens (tertiary/aromatic N) is 2. The summed E-state index contributed by atoms with van der Waals surface area (Å²) in [6.45, 7) is -3.25. The minimum absolute atomic E-state index is 0.0825. The molecule has 274 valence electrons. The number of pyridine rings is 1. The zero-order valence-electron chi connectivity index (χ0n) is 24.9. The van der Waals surface area contributed by atoms with Crippen molar-refractivity contribution in [3.05, 3.63) is 63.7 Å². The van der Waals surface area contributed by atoms with Gasteiger partial charge in [-0.05, 0) is 42.5 Å². The van der Waals surface area contributed by atoms with Gasteiger partial charge < -0.3 is 44.5 Å². The van der Waals surface area contributed by atoms with Gasteiger partial charge in [-0.1, -0.05) is 12.1 Å². The van der Waals surface area contributed by atoms with E-state index in [9.17, 15) is 65.5 Å². The molecule has 3 aromatic rings. The van der Waals surface area contributed by atoms with Crippen LogP contribution >= 0.6 is 11.3 Å². The fraction of sp³-hybridized carbons (Fsp3) is 0.483. The van der Waals surface area contributed by atoms with Gasteiger partial charge in [0, 0.05) is 29.3 Å². The molecular formula is C29H26F8N2O10S. The van der Waals surface area contributed by atoms with E-state index >= 15 is 0 Å². The van der Waals surface area contributed by atoms with Crippen molar-refractivity contribution in [2.24, 2.45) is 0 Å². The van der Waals surface area contributed by atoms with Gasteiger partial charge in [0.2, 0.25) is 12.2 Å². The monoisotopic (exact) mass is 746 g/mol. The highest BCUT2D eigenvalue weighted by Gasteiger charge is 2.73. The summed E-state index contributed by atoms with van der Waals surface area (Å²) in [4.78, 5) is 18.4. The molecule has 1 saturated heterocycles. The molecule has 0 amide bonds. The maximum atomic E-state index is 13.6. The number of carboxylic acid groups (broad SMARTS) is 1. The van der Waals surface area contributed by atoms with Crippen molar-refractivity contribution in [2.75, 3.05) is 0 Å². The van der Waals surface area contributed by atoms with Crippen molar-refractivity contribution in [1.82, 2.24) is 9.97 Å². The van der Waals surface area contributed by atoms with Crippen molar-refractivity contribution in [1.29, 1.82) is 0 Å². The first-order valence-electron chi connectivity index (χ1n) is 14.4. The quantitative estimate of drug-likeness (QED) is 0.170. The average molecular weight is 747 g/mol. The molecule has 1 saturated carbocycles. The van der Waals surface area contributed by atoms with Gasteiger partial charge in [-0.3, -0.25) is 0 Å². The number of rotatable bonds is 12. The topological polar surface area (TPSA) is 181 Å². The summed E-state index contributed by atoms with van der Waals surface area (Å²) >= 11 is -0.0825. The highest BCUT2D eigenvalue weighted by atomic mass is 32.1. The number of halogens is 8. The maximum Gasteiger partial charge on any atom is 0.433 e. The molecule has 2 aromatic heterocycles. The molecule has 0 radical (unpaired) electrons. The van der Waals surface area contributed by atoms with E-state index in [4.69, 9.17) is 14.2 Å². The number of thiazole rings is 1. The number of hydrogen-bond acceptors (Lipinski definition) is 12. The number of carboxylic acids is 1. The van der Waals surface area contributed by atoms with Crippen LogP contribution in [0.15, 0.2) is 42.7 Å². The standard InChI is InChI=1S/C29H26F8N2O10S/c30-26(31)47-15-5-2-12(8-16(15)46-13-3-4-13)14(17-10-39-25(50-17)27(45,28(32,33)34)29(35,36)37)7-11-1-6-18(38-9-11)48-24-21(42)19(40)20(41)22(49-24)23(43)44/h1-2,5-6,8-10,13-14,19-22,24,26,40-42,45H,3-4,7H2,(H,43,44)/t14-,19-,20-,21+,22-,24+/m0/s1. The van der Waals surface area contributed by atoms with Gasteiger partial charge in [0.15, 0.2) is 17.6 Å². The molecule has 1 aliphatic heterocycles. The summed E-state index contributed by atoms with van der Waals surface area (Å²) in [6.07, 6.45) is -19.6. The van der Waals surface area contributed by atoms with E-state index in [0.29, 0.717) is 19.0 Å². The third kappa shape index (κ3) is 7.71. The Kier molecular flexibility index (Phi) is 10.5. The number of hydrogen-bond donors (Lipinski definition) is 5. The van der Waals surface area contributed by atoms with Gasteiger partial charge >= 0.3 is 30.5 Å². The van der Waals surface area contributed by atoms with Gasteiger partial charge in [-0.2, -0.15) is 35.1 Å². The molecule has 12 nitrogen and oxygen atoms in total. The van der Waals surface area contributed by atoms with Crippen molar-refractivity contribution in [2.45, 2.75) is 86.6 Å². The molecule has 3 heterocycles. The summed E-state index contributed by atoms with van der Waals surface area (Å²) in [6, 6.07) is 6.10. The van der Waals surface area contributed by atoms with Crippen LogP contribution in [0.1, 0.15) is 39.8 Å². The predicted octanol–water partition coefficient (Wildman–Crippen LogP) is 3.64. The molecule has 6 atom stereocenters. The van der Waals surface area contributed by atoms with E-state index in [1.165, 1.54) is 24.3 Å². The molecule has 2 fully saturated rings. The maximum absolute atomic E-state index is 13.6. The Labute approximate surface area is 279 Å². The summed E-state index contributed by atoms with van der Waals surface area (Å²) in [5, 5.41) is 47.5. The summed E-state index contributed by atoms with van der Waals surface area (Å²) in [5.41, 5.74) is -4.88. The van der Waals surface area contributed by atoms with Gasteiger partial charge in [0.1, 0.15) is 23.3 Å². The summed E-state index contributed by atoms with van der Waals surface area (Å²) in [5.74, 6) is -3.64. The molecule has 0 bridgehead atoms. The minimum atomic E-state index is -6.20. The van der Waals surface area contributed by atoms with Crippen LogP contribution in [-0.2, 0) is 21.6 Å². The molecular weight excluding hydrogens is 720 g/mol. The highest BCUT2D eigenvalue weighted by Crippen LogP contribution is 2.52. The summed E-state index contributed by atoms with van der Waals surface area (Å²) < 4.78 is 129. The van der Waals surface area contributed by atoms with Crippen molar-refractivity contribution >= 4 is 17.3 Å². The Hall–Kier alpha value is -3.89. The number of aliphatic carboxylic acids is 1. The largest absolute Gasteiger partial charge is 0.487 e. The van der Waals surface area contributed by atoms with Crippen molar-refractivity contribution < 1.29 is 84.4 Å². The molecule has 1 aliphatic carbocycles. The zero-order chi connectivity index (χ0) is 36.8. The number of aliphatic hydroxyl groups excluding tert-OH is 3. The molecule has 2 aliphatic rings. The van der Waals surface area contributed by atoms with Gasteiger partial charge in [0.25, 0.3) is 0 Å². The van der Waals surface area contributed by atoms with E-state index in [1.54, 1.807) is 0 Å². The Morgan fingerprint density at radius 1 is 0.920 bits per heavy atom. The van der Waals surface area contributed by atoms with E-state index in [-0.39, 0.29) is 57.2 Å². The predicted molar refractivity (Wildman–Crippen MR) is 150 cm³/mol. The van der Waals surface area contributed by atoms with Crippen LogP contribution in [0.3, 0.4) is 0 Å². The number of benzene rings is 1. The first kappa shape index (κ1) is 37.4. The Morgan fingerprint density at radius 3 is 2.16 bits per heavy atom. The van der Waals surface area contributed by atoms with Gasteiger partial charge in [0.05, 0.1) is 6.10 Å². The first-order chi connectivity index (χ1) is 23.3. The van der Waals surface area contributed by atoms with Crippen LogP contribution < -0.4 is 14.2 Å². The van der Waals surface area contributed by atoms with Crippen molar-refractivity contribution in [3.63, 3.8) is 0 Å². The Morgan fingerprint density at radius 2 is 1.60 bits per heavy atom. The lowest BCUT2D eigenvalue weighted by Gasteiger charge is -2.38. The molecule has 0 spiro atoms. The second kappa shape index (κ2) is 14.0. The lowest BCUT2D eigenvalue weighted by atomic mass is 9.91. The normalized spacial score (nSPS) is 23.8. The third-order valence-electron chi connectivity index (χ3n) is 7.69. The molecule has 5 rings (SSSR count). The van der Waals surface area contributed by atoms with Gasteiger partial charge in [-0.15, -0.1) is 11.3 Å². The molecule has 5 N–H and O–H groups in total. The van der Waals surface area contributed by atoms with E-state index in [0.717, 1.165) is 12.3 Å². The van der Waals surface area contributed by atoms with Crippen LogP contribution in [0.4, 0.5) is 35.1 Å². The molecule has 1 aromatic carbocycles. The van der Waals surface area contributed by atoms with Crippen LogP contribution in [0, 0.1) is 0 Å². The van der Waals surface area contributed by atoms with Crippen LogP contribution in [0.25, 0.3) is 0 Å². The highest BCUT2D eigenvalue weighted by molar-refractivity contribution is 7.11. The fourth-order valence-corrected chi connectivity index (χ4v) is 6.07. The van der Waals surface area contributed by atoms with E-state index in [1.807, 2.05) is 0 Å². The second-order valence-electron chi connectivity index (χ2n) is 11.3. The number of aromatic nitrogens is 2. The second-order valence-corrected chi connectivity index (χ2v) is 12.4. The lowest BCUT2D eigenvalue weighted by molar-refractivity contribution is -0.376. The summed E-state index contributed by atoms with van der Waals surface area (Å²) in [7, 11) is 0. The fourth-order valence-electron chi connectivity index (χ4n) is 4.90. The van der Waals surface area contributed by atoms with Crippen molar-refractivity contribution in [3.8, 4) is 17.4 Å². The smallest absolute Gasteiger partial charge is 0.433 e. The SMILES string of the molecule is O=C(O)[C@H]1O[C@@H](Oc2ccc(C[C@@H](c3ccc(OC(F)F)c(OC4CC4)c3)c3cnc(C(O)(C(F)(F)F)C(F)(F)F)s3)cn2)[C@H](O)[C@@H](O)[C@@H]1O. The lowest BCUT2D eigenvalue weighted by Crippen LogP contribution is -2.61. The average Bonchev–Trinajstić information content (AvgIpc) is 3.71. The molecule has 50 heavy (non-hydrogen) atoms. The first-order valence-corrected chi connectivity index (χ1v) is 15.2. The molecule has 0 unspecified atom stereocenters. The molecule has 21 heteroatoms. The minimum Gasteiger partial charge on any atom is -0.487 e. The zero-order valence-corrected chi connectivity index (χ0v) is 25.7. The number of ether oxygens (including phenoxy) is 4. The van der Waals surface area contributed by atoms with Crippen LogP contribution in [0.5, 0.6) is 17.4 Å². The number of aliphatic hydroxyl groups is 4. The Bertz CT molecular complexity index is 1640. The van der Waals surface area contributed by atoms with E-state index < -0.39 is 72.2 Å². The van der Waals surface area contributed by atoms with Gasteiger partial charge in [-0.25, -0.2) is 14.8 Å². The Balaban J connectivity index is 1.48. The third-order valence-corrected chi connectivity index (χ3v) is 8.91. The van der Waals surface area contributed by atoms with Crippen LogP contribution in [-0.4, -0.2) is 97.2 Å².